The van der Waals surface area contributed by atoms with Gasteiger partial charge < -0.3 is 0 Å². The molecule has 2 atom stereocenters. The van der Waals surface area contributed by atoms with Crippen molar-refractivity contribution in [2.45, 2.75) is 58.8 Å². The minimum atomic E-state index is 0.547. The summed E-state index contributed by atoms with van der Waals surface area (Å²) in [5, 5.41) is 0. The fourth-order valence-electron chi connectivity index (χ4n) is 2.48. The molecule has 0 bridgehead atoms. The van der Waals surface area contributed by atoms with Gasteiger partial charge in [0.1, 0.15) is 6.29 Å². The molecule has 0 aromatic heterocycles. The summed E-state index contributed by atoms with van der Waals surface area (Å²) in [6.45, 7) is 6.78. The molecule has 0 spiro atoms. The largest absolute Gasteiger partial charge is 0.298 e. The van der Waals surface area contributed by atoms with Gasteiger partial charge in [-0.25, -0.2) is 0 Å². The van der Waals surface area contributed by atoms with E-state index in [9.17, 15) is 4.79 Å². The van der Waals surface area contributed by atoms with Crippen molar-refractivity contribution in [2.24, 2.45) is 5.92 Å². The van der Waals surface area contributed by atoms with E-state index in [1.54, 1.807) is 0 Å². The van der Waals surface area contributed by atoms with Crippen LogP contribution in [0.5, 0.6) is 0 Å². The minimum Gasteiger partial charge on any atom is -0.298 e. The van der Waals surface area contributed by atoms with Gasteiger partial charge >= 0.3 is 0 Å². The molecule has 18 heavy (non-hydrogen) atoms. The Bertz CT molecular complexity index is 356. The molecule has 1 heteroatoms. The zero-order valence-corrected chi connectivity index (χ0v) is 12.0. The van der Waals surface area contributed by atoms with Gasteiger partial charge in [-0.15, -0.1) is 0 Å². The summed E-state index contributed by atoms with van der Waals surface area (Å²) in [4.78, 5) is 11.1. The molecule has 0 aliphatic rings. The van der Waals surface area contributed by atoms with Gasteiger partial charge in [0.05, 0.1) is 0 Å². The second-order valence-corrected chi connectivity index (χ2v) is 5.32. The van der Waals surface area contributed by atoms with E-state index in [2.05, 4.69) is 26.8 Å². The van der Waals surface area contributed by atoms with Crippen molar-refractivity contribution in [1.29, 1.82) is 0 Å². The van der Waals surface area contributed by atoms with Crippen LogP contribution in [0.4, 0.5) is 0 Å². The lowest BCUT2D eigenvalue weighted by Crippen LogP contribution is -2.05. The van der Waals surface area contributed by atoms with Crippen LogP contribution in [0.3, 0.4) is 0 Å². The highest BCUT2D eigenvalue weighted by atomic mass is 16.1. The van der Waals surface area contributed by atoms with E-state index in [1.165, 1.54) is 37.7 Å². The number of carbonyl (C=O) groups is 1. The van der Waals surface area contributed by atoms with Crippen LogP contribution in [0.25, 0.3) is 0 Å². The summed E-state index contributed by atoms with van der Waals surface area (Å²) >= 11 is 0. The third-order valence-corrected chi connectivity index (χ3v) is 3.90. The van der Waals surface area contributed by atoms with Crippen LogP contribution < -0.4 is 0 Å². The highest BCUT2D eigenvalue weighted by Crippen LogP contribution is 2.30. The molecule has 0 N–H and O–H groups in total. The Labute approximate surface area is 112 Å². The summed E-state index contributed by atoms with van der Waals surface area (Å²) in [7, 11) is 0. The van der Waals surface area contributed by atoms with Crippen molar-refractivity contribution < 1.29 is 4.79 Å². The number of hydrogen-bond acceptors (Lipinski definition) is 1. The average Bonchev–Trinajstić information content (AvgIpc) is 2.43. The third-order valence-electron chi connectivity index (χ3n) is 3.90. The number of benzene rings is 1. The lowest BCUT2D eigenvalue weighted by molar-refractivity contribution is 0.112. The van der Waals surface area contributed by atoms with E-state index in [4.69, 9.17) is 0 Å². The minimum absolute atomic E-state index is 0.547. The summed E-state index contributed by atoms with van der Waals surface area (Å²) in [5.74, 6) is 1.33. The quantitative estimate of drug-likeness (QED) is 0.575. The predicted molar refractivity (Wildman–Crippen MR) is 78.2 cm³/mol. The first kappa shape index (κ1) is 14.9. The Balaban J connectivity index is 2.79. The van der Waals surface area contributed by atoms with Crippen molar-refractivity contribution >= 4 is 6.29 Å². The zero-order valence-electron chi connectivity index (χ0n) is 12.0. The molecular weight excluding hydrogens is 220 g/mol. The second-order valence-electron chi connectivity index (χ2n) is 5.32. The van der Waals surface area contributed by atoms with Gasteiger partial charge in [-0.1, -0.05) is 64.3 Å². The van der Waals surface area contributed by atoms with Crippen LogP contribution in [0.1, 0.15) is 74.7 Å². The van der Waals surface area contributed by atoms with Crippen LogP contribution >= 0.6 is 0 Å². The lowest BCUT2D eigenvalue weighted by atomic mass is 9.85. The van der Waals surface area contributed by atoms with E-state index in [0.29, 0.717) is 5.92 Å². The van der Waals surface area contributed by atoms with Gasteiger partial charge in [0.15, 0.2) is 0 Å². The first-order valence-electron chi connectivity index (χ1n) is 7.26. The van der Waals surface area contributed by atoms with Gasteiger partial charge in [-0.3, -0.25) is 4.79 Å². The first-order chi connectivity index (χ1) is 8.72. The van der Waals surface area contributed by atoms with Crippen LogP contribution in [-0.4, -0.2) is 6.29 Å². The van der Waals surface area contributed by atoms with Gasteiger partial charge in [0.2, 0.25) is 0 Å². The molecule has 1 rings (SSSR count). The van der Waals surface area contributed by atoms with E-state index >= 15 is 0 Å². The van der Waals surface area contributed by atoms with Gasteiger partial charge in [-0.05, 0) is 30.2 Å². The highest BCUT2D eigenvalue weighted by molar-refractivity contribution is 5.77. The van der Waals surface area contributed by atoms with Crippen LogP contribution in [-0.2, 0) is 0 Å². The smallest absolute Gasteiger partial charge is 0.150 e. The molecule has 1 nitrogen and oxygen atoms in total. The maximum absolute atomic E-state index is 11.1. The van der Waals surface area contributed by atoms with Crippen molar-refractivity contribution in [3.8, 4) is 0 Å². The Morgan fingerprint density at radius 2 is 1.83 bits per heavy atom. The molecule has 0 amide bonds. The van der Waals surface area contributed by atoms with Crippen LogP contribution in [0.15, 0.2) is 24.3 Å². The molecule has 0 saturated carbocycles. The first-order valence-corrected chi connectivity index (χ1v) is 7.26. The van der Waals surface area contributed by atoms with Crippen molar-refractivity contribution in [3.05, 3.63) is 35.4 Å². The molecule has 0 fully saturated rings. The third kappa shape index (κ3) is 4.29. The molecule has 0 radical (unpaired) electrons. The lowest BCUT2D eigenvalue weighted by Gasteiger charge is -2.20. The highest BCUT2D eigenvalue weighted by Gasteiger charge is 2.15. The molecule has 100 valence electrons. The van der Waals surface area contributed by atoms with E-state index < -0.39 is 0 Å². The average molecular weight is 246 g/mol. The summed E-state index contributed by atoms with van der Waals surface area (Å²) in [6.07, 6.45) is 7.07. The van der Waals surface area contributed by atoms with E-state index in [0.717, 1.165) is 17.8 Å². The monoisotopic (exact) mass is 246 g/mol. The van der Waals surface area contributed by atoms with Crippen molar-refractivity contribution in [2.75, 3.05) is 0 Å². The Morgan fingerprint density at radius 3 is 2.44 bits per heavy atom. The Hall–Kier alpha value is -1.11. The molecule has 2 unspecified atom stereocenters. The Kier molecular flexibility index (Phi) is 6.70. The summed E-state index contributed by atoms with van der Waals surface area (Å²) in [5.41, 5.74) is 2.12. The van der Waals surface area contributed by atoms with Gasteiger partial charge in [-0.2, -0.15) is 0 Å². The number of rotatable bonds is 8. The van der Waals surface area contributed by atoms with Crippen molar-refractivity contribution in [3.63, 3.8) is 0 Å². The Morgan fingerprint density at radius 1 is 1.11 bits per heavy atom. The zero-order chi connectivity index (χ0) is 13.4. The fourth-order valence-corrected chi connectivity index (χ4v) is 2.48. The normalized spacial score (nSPS) is 14.2. The molecule has 0 saturated heterocycles. The second kappa shape index (κ2) is 8.07. The summed E-state index contributed by atoms with van der Waals surface area (Å²) < 4.78 is 0. The molecule has 0 aliphatic heterocycles. The molecule has 0 heterocycles. The van der Waals surface area contributed by atoms with Crippen LogP contribution in [0.2, 0.25) is 0 Å². The maximum atomic E-state index is 11.1. The van der Waals surface area contributed by atoms with E-state index in [1.807, 2.05) is 18.2 Å². The number of hydrogen-bond donors (Lipinski definition) is 0. The fraction of sp³-hybridized carbons (Fsp3) is 0.588. The SMILES string of the molecule is CCCC(CCC(C)CC)c1ccccc1C=O. The summed E-state index contributed by atoms with van der Waals surface area (Å²) in [6, 6.07) is 8.06. The molecular formula is C17H26O. The molecule has 1 aromatic carbocycles. The maximum Gasteiger partial charge on any atom is 0.150 e. The van der Waals surface area contributed by atoms with Crippen LogP contribution in [0, 0.1) is 5.92 Å². The number of aldehydes is 1. The van der Waals surface area contributed by atoms with Gasteiger partial charge in [0, 0.05) is 5.56 Å². The standard InChI is InChI=1S/C17H26O/c1-4-8-15(12-11-14(3)5-2)17-10-7-6-9-16(17)13-18/h6-7,9-10,13-15H,4-5,8,11-12H2,1-3H3. The predicted octanol–water partition coefficient (Wildman–Crippen LogP) is 5.21. The number of carbonyl (C=O) groups excluding carboxylic acids is 1. The molecule has 1 aromatic rings. The van der Waals surface area contributed by atoms with E-state index in [-0.39, 0.29) is 0 Å². The van der Waals surface area contributed by atoms with Crippen molar-refractivity contribution in [1.82, 2.24) is 0 Å². The molecule has 0 aliphatic carbocycles. The topological polar surface area (TPSA) is 17.1 Å². The van der Waals surface area contributed by atoms with Gasteiger partial charge in [0.25, 0.3) is 0 Å².